The lowest BCUT2D eigenvalue weighted by Gasteiger charge is -2.13. The van der Waals surface area contributed by atoms with Crippen LogP contribution in [0.4, 0.5) is 0 Å². The Morgan fingerprint density at radius 1 is 1.39 bits per heavy atom. The molecule has 0 spiro atoms. The lowest BCUT2D eigenvalue weighted by molar-refractivity contribution is 0.286. The van der Waals surface area contributed by atoms with E-state index in [9.17, 15) is 0 Å². The molecule has 100 valence electrons. The summed E-state index contributed by atoms with van der Waals surface area (Å²) < 4.78 is 10.9. The molecule has 0 saturated heterocycles. The van der Waals surface area contributed by atoms with Gasteiger partial charge in [-0.05, 0) is 18.6 Å². The molecule has 5 heteroatoms. The van der Waals surface area contributed by atoms with Gasteiger partial charge in [0.05, 0.1) is 18.7 Å². The summed E-state index contributed by atoms with van der Waals surface area (Å²) in [5.41, 5.74) is 6.25. The van der Waals surface area contributed by atoms with Crippen molar-refractivity contribution >= 4 is 28.8 Å². The summed E-state index contributed by atoms with van der Waals surface area (Å²) >= 11 is 11.1. The van der Waals surface area contributed by atoms with Gasteiger partial charge in [-0.15, -0.1) is 0 Å². The average molecular weight is 288 g/mol. The van der Waals surface area contributed by atoms with E-state index in [1.807, 2.05) is 0 Å². The first kappa shape index (κ1) is 15.1. The van der Waals surface area contributed by atoms with Crippen LogP contribution in [0.25, 0.3) is 0 Å². The van der Waals surface area contributed by atoms with Gasteiger partial charge in [0.25, 0.3) is 0 Å². The normalized spacial score (nSPS) is 10.2. The minimum Gasteiger partial charge on any atom is -0.493 e. The highest BCUT2D eigenvalue weighted by atomic mass is 35.5. The van der Waals surface area contributed by atoms with Crippen molar-refractivity contribution in [2.45, 2.75) is 26.2 Å². The van der Waals surface area contributed by atoms with Crippen LogP contribution in [0.1, 0.15) is 31.7 Å². The fourth-order valence-corrected chi connectivity index (χ4v) is 1.91. The Balaban J connectivity index is 2.86. The number of benzene rings is 1. The van der Waals surface area contributed by atoms with Crippen molar-refractivity contribution in [3.63, 3.8) is 0 Å². The maximum Gasteiger partial charge on any atom is 0.179 e. The highest BCUT2D eigenvalue weighted by Crippen LogP contribution is 2.36. The molecule has 0 amide bonds. The first-order valence-corrected chi connectivity index (χ1v) is 6.68. The molecule has 0 unspecified atom stereocenters. The van der Waals surface area contributed by atoms with E-state index in [1.54, 1.807) is 19.2 Å². The Morgan fingerprint density at radius 2 is 2.11 bits per heavy atom. The SMILES string of the molecule is CCCCCOc1c(Cl)cc(C(N)=S)cc1OC. The molecular weight excluding hydrogens is 270 g/mol. The van der Waals surface area contributed by atoms with Crippen molar-refractivity contribution in [3.05, 3.63) is 22.7 Å². The molecule has 0 heterocycles. The van der Waals surface area contributed by atoms with Gasteiger partial charge >= 0.3 is 0 Å². The van der Waals surface area contributed by atoms with E-state index < -0.39 is 0 Å². The summed E-state index contributed by atoms with van der Waals surface area (Å²) in [5, 5.41) is 0.466. The van der Waals surface area contributed by atoms with Gasteiger partial charge < -0.3 is 15.2 Å². The highest BCUT2D eigenvalue weighted by Gasteiger charge is 2.12. The van der Waals surface area contributed by atoms with Crippen LogP contribution < -0.4 is 15.2 Å². The number of hydrogen-bond donors (Lipinski definition) is 1. The molecule has 1 rings (SSSR count). The lowest BCUT2D eigenvalue weighted by Crippen LogP contribution is -2.10. The smallest absolute Gasteiger partial charge is 0.179 e. The van der Waals surface area contributed by atoms with Crippen LogP contribution in [0, 0.1) is 0 Å². The van der Waals surface area contributed by atoms with E-state index in [4.69, 9.17) is 39.0 Å². The topological polar surface area (TPSA) is 44.5 Å². The zero-order chi connectivity index (χ0) is 13.5. The molecule has 0 saturated carbocycles. The van der Waals surface area contributed by atoms with E-state index in [0.717, 1.165) is 19.3 Å². The monoisotopic (exact) mass is 287 g/mol. The van der Waals surface area contributed by atoms with Gasteiger partial charge in [0.2, 0.25) is 0 Å². The van der Waals surface area contributed by atoms with Gasteiger partial charge in [-0.2, -0.15) is 0 Å². The summed E-state index contributed by atoms with van der Waals surface area (Å²) in [6.07, 6.45) is 3.27. The molecule has 2 N–H and O–H groups in total. The van der Waals surface area contributed by atoms with Gasteiger partial charge in [-0.25, -0.2) is 0 Å². The second-order valence-corrected chi connectivity index (χ2v) is 4.76. The maximum atomic E-state index is 6.15. The summed E-state index contributed by atoms with van der Waals surface area (Å²) in [5.74, 6) is 1.11. The number of methoxy groups -OCH3 is 1. The second kappa shape index (κ2) is 7.44. The first-order chi connectivity index (χ1) is 8.60. The fraction of sp³-hybridized carbons (Fsp3) is 0.462. The Bertz CT molecular complexity index is 424. The fourth-order valence-electron chi connectivity index (χ4n) is 1.53. The van der Waals surface area contributed by atoms with Gasteiger partial charge in [-0.3, -0.25) is 0 Å². The van der Waals surface area contributed by atoms with Crippen molar-refractivity contribution in [2.24, 2.45) is 5.73 Å². The van der Waals surface area contributed by atoms with Crippen LogP contribution >= 0.6 is 23.8 Å². The number of thiocarbonyl (C=S) groups is 1. The molecule has 18 heavy (non-hydrogen) atoms. The summed E-state index contributed by atoms with van der Waals surface area (Å²) in [7, 11) is 1.56. The summed E-state index contributed by atoms with van der Waals surface area (Å²) in [6, 6.07) is 3.44. The highest BCUT2D eigenvalue weighted by molar-refractivity contribution is 7.80. The zero-order valence-corrected chi connectivity index (χ0v) is 12.2. The molecule has 0 aliphatic heterocycles. The van der Waals surface area contributed by atoms with Crippen LogP contribution in [0.2, 0.25) is 5.02 Å². The summed E-state index contributed by atoms with van der Waals surface area (Å²) in [6.45, 7) is 2.76. The van der Waals surface area contributed by atoms with E-state index >= 15 is 0 Å². The van der Waals surface area contributed by atoms with Crippen molar-refractivity contribution in [1.82, 2.24) is 0 Å². The molecule has 0 atom stereocenters. The van der Waals surface area contributed by atoms with Gasteiger partial charge in [0.1, 0.15) is 4.99 Å². The second-order valence-electron chi connectivity index (χ2n) is 3.91. The van der Waals surface area contributed by atoms with E-state index in [0.29, 0.717) is 28.7 Å². The van der Waals surface area contributed by atoms with Gasteiger partial charge in [-0.1, -0.05) is 43.6 Å². The van der Waals surface area contributed by atoms with Gasteiger partial charge in [0, 0.05) is 5.56 Å². The molecular formula is C13H18ClNO2S. The number of unbranched alkanes of at least 4 members (excludes halogenated alkanes) is 2. The quantitative estimate of drug-likeness (QED) is 0.615. The minimum absolute atomic E-state index is 0.285. The third kappa shape index (κ3) is 4.03. The molecule has 0 radical (unpaired) electrons. The molecule has 0 aromatic heterocycles. The van der Waals surface area contributed by atoms with Crippen LogP contribution in [0.15, 0.2) is 12.1 Å². The minimum atomic E-state index is 0.285. The third-order valence-corrected chi connectivity index (χ3v) is 3.02. The molecule has 0 aliphatic carbocycles. The van der Waals surface area contributed by atoms with Crippen molar-refractivity contribution in [3.8, 4) is 11.5 Å². The maximum absolute atomic E-state index is 6.15. The largest absolute Gasteiger partial charge is 0.493 e. The van der Waals surface area contributed by atoms with E-state index in [2.05, 4.69) is 6.92 Å². The Morgan fingerprint density at radius 3 is 2.67 bits per heavy atom. The van der Waals surface area contributed by atoms with Crippen molar-refractivity contribution in [2.75, 3.05) is 13.7 Å². The molecule has 1 aromatic rings. The third-order valence-electron chi connectivity index (χ3n) is 2.51. The van der Waals surface area contributed by atoms with Crippen LogP contribution in [0.3, 0.4) is 0 Å². The van der Waals surface area contributed by atoms with Crippen molar-refractivity contribution in [1.29, 1.82) is 0 Å². The van der Waals surface area contributed by atoms with Gasteiger partial charge in [0.15, 0.2) is 11.5 Å². The predicted molar refractivity (Wildman–Crippen MR) is 78.9 cm³/mol. The molecule has 3 nitrogen and oxygen atoms in total. The van der Waals surface area contributed by atoms with Crippen LogP contribution in [-0.2, 0) is 0 Å². The number of ether oxygens (including phenoxy) is 2. The Hall–Kier alpha value is -1.00. The number of hydrogen-bond acceptors (Lipinski definition) is 3. The Kier molecular flexibility index (Phi) is 6.22. The number of halogens is 1. The van der Waals surface area contributed by atoms with Crippen LogP contribution in [0.5, 0.6) is 11.5 Å². The molecule has 1 aromatic carbocycles. The zero-order valence-electron chi connectivity index (χ0n) is 10.7. The van der Waals surface area contributed by atoms with Crippen LogP contribution in [-0.4, -0.2) is 18.7 Å². The standard InChI is InChI=1S/C13H18ClNO2S/c1-3-4-5-6-17-12-10(14)7-9(13(15)18)8-11(12)16-2/h7-8H,3-6H2,1-2H3,(H2,15,18). The molecule has 0 aliphatic rings. The molecule has 0 fully saturated rings. The van der Waals surface area contributed by atoms with E-state index in [-0.39, 0.29) is 4.99 Å². The number of rotatable bonds is 7. The average Bonchev–Trinajstić information content (AvgIpc) is 2.35. The number of nitrogens with two attached hydrogens (primary N) is 1. The van der Waals surface area contributed by atoms with E-state index in [1.165, 1.54) is 0 Å². The summed E-state index contributed by atoms with van der Waals surface area (Å²) in [4.78, 5) is 0.285. The lowest BCUT2D eigenvalue weighted by atomic mass is 10.2. The first-order valence-electron chi connectivity index (χ1n) is 5.90. The Labute approximate surface area is 118 Å². The predicted octanol–water partition coefficient (Wildman–Crippen LogP) is 3.55. The van der Waals surface area contributed by atoms with Crippen molar-refractivity contribution < 1.29 is 9.47 Å². The molecule has 0 bridgehead atoms.